The molecule has 2 saturated carbocycles. The van der Waals surface area contributed by atoms with Gasteiger partial charge in [0.05, 0.1) is 6.54 Å². The van der Waals surface area contributed by atoms with Crippen molar-refractivity contribution in [2.75, 3.05) is 73.6 Å². The fraction of sp³-hybridized carbons (Fsp3) is 0.676. The third kappa shape index (κ3) is 5.31. The number of aromatic nitrogens is 2. The lowest BCUT2D eigenvalue weighted by Gasteiger charge is -2.53. The molecule has 4 aliphatic carbocycles. The summed E-state index contributed by atoms with van der Waals surface area (Å²) in [5.41, 5.74) is 0.574. The molecule has 0 amide bonds. The molecule has 6 rings (SSSR count). The van der Waals surface area contributed by atoms with Gasteiger partial charge in [-0.3, -0.25) is 14.5 Å². The molecule has 0 bridgehead atoms. The predicted molar refractivity (Wildman–Crippen MR) is 184 cm³/mol. The van der Waals surface area contributed by atoms with Crippen molar-refractivity contribution in [3.8, 4) is 0 Å². The minimum Gasteiger partial charge on any atom is -0.381 e. The first-order valence-corrected chi connectivity index (χ1v) is 17.8. The maximum absolute atomic E-state index is 14.1. The van der Waals surface area contributed by atoms with Gasteiger partial charge in [0.25, 0.3) is 0 Å². The minimum absolute atomic E-state index is 0.0304. The van der Waals surface area contributed by atoms with Gasteiger partial charge in [0.1, 0.15) is 17.2 Å². The van der Waals surface area contributed by atoms with E-state index in [0.717, 1.165) is 89.2 Å². The van der Waals surface area contributed by atoms with E-state index in [4.69, 9.17) is 9.97 Å². The van der Waals surface area contributed by atoms with Gasteiger partial charge in [-0.1, -0.05) is 30.2 Å². The third-order valence-corrected chi connectivity index (χ3v) is 12.4. The zero-order valence-corrected chi connectivity index (χ0v) is 28.9. The predicted octanol–water partition coefficient (Wildman–Crippen LogP) is 4.82. The van der Waals surface area contributed by atoms with Crippen molar-refractivity contribution in [2.45, 2.75) is 79.2 Å². The zero-order chi connectivity index (χ0) is 32.9. The quantitative estimate of drug-likeness (QED) is 0.366. The summed E-state index contributed by atoms with van der Waals surface area (Å²) in [6.07, 6.45) is 11.9. The minimum atomic E-state index is -1.33. The van der Waals surface area contributed by atoms with E-state index in [-0.39, 0.29) is 29.4 Å². The molecule has 1 aliphatic heterocycles. The van der Waals surface area contributed by atoms with Crippen molar-refractivity contribution in [3.05, 3.63) is 41.5 Å². The highest BCUT2D eigenvalue weighted by Crippen LogP contribution is 2.65. The van der Waals surface area contributed by atoms with Gasteiger partial charge < -0.3 is 19.8 Å². The zero-order valence-electron chi connectivity index (χ0n) is 28.9. The summed E-state index contributed by atoms with van der Waals surface area (Å²) >= 11 is 0. The molecular weight excluding hydrogens is 576 g/mol. The van der Waals surface area contributed by atoms with E-state index in [1.165, 1.54) is 11.1 Å². The lowest BCUT2D eigenvalue weighted by Crippen LogP contribution is -2.58. The number of nitrogens with zero attached hydrogens (tertiary/aromatic N) is 6. The Morgan fingerprint density at radius 3 is 2.22 bits per heavy atom. The van der Waals surface area contributed by atoms with Crippen LogP contribution in [0, 0.1) is 22.7 Å². The lowest BCUT2D eigenvalue weighted by molar-refractivity contribution is -0.154. The average Bonchev–Trinajstić information content (AvgIpc) is 3.34. The highest BCUT2D eigenvalue weighted by Gasteiger charge is 2.64. The normalized spacial score (nSPS) is 32.3. The van der Waals surface area contributed by atoms with Crippen molar-refractivity contribution in [3.63, 3.8) is 0 Å². The summed E-state index contributed by atoms with van der Waals surface area (Å²) in [4.78, 5) is 45.2. The number of rotatable bonds is 10. The van der Waals surface area contributed by atoms with Crippen LogP contribution in [0.3, 0.4) is 0 Å². The Kier molecular flexibility index (Phi) is 8.96. The van der Waals surface area contributed by atoms with Crippen LogP contribution in [0.5, 0.6) is 0 Å². The number of carbonyl (C=O) groups is 2. The Bertz CT molecular complexity index is 1410. The molecule has 0 unspecified atom stereocenters. The van der Waals surface area contributed by atoms with E-state index in [1.807, 2.05) is 6.08 Å². The Morgan fingerprint density at radius 2 is 1.61 bits per heavy atom. The van der Waals surface area contributed by atoms with Gasteiger partial charge >= 0.3 is 0 Å². The summed E-state index contributed by atoms with van der Waals surface area (Å²) in [5, 5.41) is 12.2. The maximum atomic E-state index is 14.1. The SMILES string of the molecule is CCN(CC)c1cc(N(CC)CC)nc(N2CCN(CC(=O)[C@@]3(O)CC[C@H]4[C@@H]5CCC6=CC(=O)C=C[C@]6(C)C5=CC[C@@]43C)CC2)n1. The first kappa shape index (κ1) is 32.9. The number of piperazine rings is 1. The topological polar surface area (TPSA) is 93.1 Å². The number of fused-ring (bicyclic) bond motifs is 5. The number of ketones is 2. The second-order valence-electron chi connectivity index (χ2n) is 14.5. The standard InChI is InChI=1S/C37H54N6O3/c1-7-41(8-2)32-24-33(42(9-3)10-4)39-34(38-32)43-21-19-40(20-22-43)25-31(45)37(46)18-15-30-28-12-11-26-23-27(44)13-16-35(26,5)29(28)14-17-36(30,37)6/h13-14,16,23-24,28,30,46H,7-12,15,17-22,25H2,1-6H3/t28-,30+,35+,36+,37+/m1/s1. The number of Topliss-reactive ketones (excluding diaryl/α,β-unsaturated/α-hetero) is 1. The first-order chi connectivity index (χ1) is 22.0. The van der Waals surface area contributed by atoms with Gasteiger partial charge in [0.2, 0.25) is 5.95 Å². The van der Waals surface area contributed by atoms with E-state index in [0.29, 0.717) is 18.8 Å². The fourth-order valence-electron chi connectivity index (χ4n) is 9.40. The van der Waals surface area contributed by atoms with Crippen LogP contribution in [0.15, 0.2) is 41.5 Å². The van der Waals surface area contributed by atoms with Crippen LogP contribution in [-0.4, -0.2) is 96.0 Å². The maximum Gasteiger partial charge on any atom is 0.229 e. The molecule has 3 fully saturated rings. The van der Waals surface area contributed by atoms with Gasteiger partial charge in [0, 0.05) is 69.3 Å². The van der Waals surface area contributed by atoms with Crippen LogP contribution >= 0.6 is 0 Å². The molecule has 1 aromatic rings. The van der Waals surface area contributed by atoms with Crippen LogP contribution in [0.2, 0.25) is 0 Å². The van der Waals surface area contributed by atoms with Crippen molar-refractivity contribution >= 4 is 29.2 Å². The molecule has 1 aromatic heterocycles. The Balaban J connectivity index is 1.14. The number of allylic oxidation sites excluding steroid dienone is 6. The van der Waals surface area contributed by atoms with Crippen LogP contribution < -0.4 is 14.7 Å². The van der Waals surface area contributed by atoms with Crippen molar-refractivity contribution in [1.29, 1.82) is 0 Å². The molecule has 1 N–H and O–H groups in total. The highest BCUT2D eigenvalue weighted by atomic mass is 16.3. The summed E-state index contributed by atoms with van der Waals surface area (Å²) in [6.45, 7) is 19.8. The number of aliphatic hydroxyl groups is 1. The number of hydrogen-bond donors (Lipinski definition) is 1. The molecule has 0 aromatic carbocycles. The second kappa shape index (κ2) is 12.5. The summed E-state index contributed by atoms with van der Waals surface area (Å²) < 4.78 is 0. The van der Waals surface area contributed by atoms with E-state index < -0.39 is 11.0 Å². The van der Waals surface area contributed by atoms with Gasteiger partial charge in [0.15, 0.2) is 11.6 Å². The molecule has 46 heavy (non-hydrogen) atoms. The molecule has 2 heterocycles. The third-order valence-electron chi connectivity index (χ3n) is 12.4. The van der Waals surface area contributed by atoms with Crippen molar-refractivity contribution in [1.82, 2.24) is 14.9 Å². The van der Waals surface area contributed by atoms with Crippen molar-refractivity contribution in [2.24, 2.45) is 22.7 Å². The number of anilines is 3. The van der Waals surface area contributed by atoms with Crippen LogP contribution in [0.4, 0.5) is 17.6 Å². The van der Waals surface area contributed by atoms with Gasteiger partial charge in [-0.2, -0.15) is 9.97 Å². The largest absolute Gasteiger partial charge is 0.381 e. The van der Waals surface area contributed by atoms with E-state index in [2.05, 4.69) is 79.4 Å². The van der Waals surface area contributed by atoms with Crippen LogP contribution in [0.25, 0.3) is 0 Å². The highest BCUT2D eigenvalue weighted by molar-refractivity contribution is 6.01. The summed E-state index contributed by atoms with van der Waals surface area (Å²) in [6, 6.07) is 2.11. The summed E-state index contributed by atoms with van der Waals surface area (Å²) in [5.74, 6) is 3.31. The number of hydrogen-bond acceptors (Lipinski definition) is 9. The molecular formula is C37H54N6O3. The Morgan fingerprint density at radius 1 is 0.978 bits per heavy atom. The van der Waals surface area contributed by atoms with Gasteiger partial charge in [-0.15, -0.1) is 0 Å². The molecule has 1 saturated heterocycles. The fourth-order valence-corrected chi connectivity index (χ4v) is 9.40. The Hall–Kier alpha value is -3.04. The van der Waals surface area contributed by atoms with Crippen LogP contribution in [0.1, 0.15) is 73.6 Å². The Labute approximate surface area is 275 Å². The lowest BCUT2D eigenvalue weighted by atomic mass is 9.51. The average molecular weight is 631 g/mol. The van der Waals surface area contributed by atoms with E-state index in [1.54, 1.807) is 6.08 Å². The molecule has 5 aliphatic rings. The molecule has 250 valence electrons. The first-order valence-electron chi connectivity index (χ1n) is 17.8. The van der Waals surface area contributed by atoms with E-state index in [9.17, 15) is 14.7 Å². The molecule has 5 atom stereocenters. The van der Waals surface area contributed by atoms with Crippen molar-refractivity contribution < 1.29 is 14.7 Å². The molecule has 0 spiro atoms. The van der Waals surface area contributed by atoms with E-state index >= 15 is 0 Å². The van der Waals surface area contributed by atoms with Gasteiger partial charge in [-0.25, -0.2) is 0 Å². The molecule has 0 radical (unpaired) electrons. The van der Waals surface area contributed by atoms with Crippen LogP contribution in [-0.2, 0) is 9.59 Å². The monoisotopic (exact) mass is 630 g/mol. The molecule has 9 nitrogen and oxygen atoms in total. The molecule has 9 heteroatoms. The smallest absolute Gasteiger partial charge is 0.229 e. The summed E-state index contributed by atoms with van der Waals surface area (Å²) in [7, 11) is 0. The van der Waals surface area contributed by atoms with Gasteiger partial charge in [-0.05, 0) is 90.7 Å². The number of carbonyl (C=O) groups excluding carboxylic acids is 2. The second-order valence-corrected chi connectivity index (χ2v) is 14.5.